The highest BCUT2D eigenvalue weighted by molar-refractivity contribution is 6.03. The minimum absolute atomic E-state index is 0.00469. The van der Waals surface area contributed by atoms with E-state index in [1.165, 1.54) is 11.8 Å². The number of nitrogens with zero attached hydrogens (tertiary/aromatic N) is 4. The fourth-order valence-electron chi connectivity index (χ4n) is 6.58. The second-order valence-corrected chi connectivity index (χ2v) is 12.7. The summed E-state index contributed by atoms with van der Waals surface area (Å²) in [7, 11) is 0. The minimum atomic E-state index is -0.634. The largest absolute Gasteiger partial charge is 0.392 e. The van der Waals surface area contributed by atoms with E-state index in [9.17, 15) is 9.90 Å². The minimum Gasteiger partial charge on any atom is -0.392 e. The third-order valence-corrected chi connectivity index (χ3v) is 9.37. The summed E-state index contributed by atoms with van der Waals surface area (Å²) in [6, 6.07) is 33.7. The SMILES string of the molecule is C[C@H]1[C@@H](CN2CCN(Cc3ccccc3)CC2)O[C@@H](c2cccc(NC(=O)c3cnc4ccccc4n3)c2)O[C@H]1c1ccc(CO)cc1. The number of aliphatic hydroxyl groups is 1. The average Bonchev–Trinajstić information content (AvgIpc) is 3.13. The van der Waals surface area contributed by atoms with Crippen LogP contribution in [0.3, 0.4) is 0 Å². The van der Waals surface area contributed by atoms with Gasteiger partial charge >= 0.3 is 0 Å². The van der Waals surface area contributed by atoms with E-state index in [-0.39, 0.29) is 36.3 Å². The number of carbonyl (C=O) groups is 1. The molecule has 2 saturated heterocycles. The summed E-state index contributed by atoms with van der Waals surface area (Å²) < 4.78 is 13.4. The number of nitrogens with one attached hydrogen (secondary N) is 1. The molecule has 0 aliphatic carbocycles. The first-order valence-electron chi connectivity index (χ1n) is 16.6. The van der Waals surface area contributed by atoms with Crippen molar-refractivity contribution in [3.63, 3.8) is 0 Å². The number of hydrogen-bond donors (Lipinski definition) is 2. The fraction of sp³-hybridized carbons (Fsp3) is 0.308. The van der Waals surface area contributed by atoms with Gasteiger partial charge in [-0.15, -0.1) is 0 Å². The van der Waals surface area contributed by atoms with Gasteiger partial charge in [0, 0.05) is 56.4 Å². The van der Waals surface area contributed by atoms with Gasteiger partial charge in [0.05, 0.1) is 36.0 Å². The molecule has 7 rings (SSSR count). The maximum absolute atomic E-state index is 13.2. The summed E-state index contributed by atoms with van der Waals surface area (Å²) in [5.74, 6) is -0.256. The van der Waals surface area contributed by atoms with E-state index in [2.05, 4.69) is 62.3 Å². The number of piperazine rings is 1. The Balaban J connectivity index is 1.07. The Labute approximate surface area is 281 Å². The van der Waals surface area contributed by atoms with Crippen molar-refractivity contribution in [2.45, 2.75) is 38.6 Å². The lowest BCUT2D eigenvalue weighted by atomic mass is 9.90. The molecule has 9 heteroatoms. The van der Waals surface area contributed by atoms with Crippen molar-refractivity contribution < 1.29 is 19.4 Å². The van der Waals surface area contributed by atoms with Crippen LogP contribution < -0.4 is 5.32 Å². The van der Waals surface area contributed by atoms with E-state index in [1.807, 2.05) is 72.8 Å². The van der Waals surface area contributed by atoms with E-state index in [0.29, 0.717) is 11.2 Å². The topological polar surface area (TPSA) is 100 Å². The standard InChI is InChI=1S/C39H41N5O4/c1-27-36(25-44-20-18-43(19-21-44)24-28-8-3-2-4-9-28)47-39(48-37(27)30-16-14-29(26-45)15-17-30)31-10-7-11-32(22-31)41-38(46)35-23-40-33-12-5-6-13-34(33)42-35/h2-17,22-23,27,36-37,39,45H,18-21,24-26H2,1H3,(H,41,46)/t27-,36+,37+,39+/m0/s1. The van der Waals surface area contributed by atoms with Crippen molar-refractivity contribution in [3.05, 3.63) is 137 Å². The Morgan fingerprint density at radius 1 is 0.812 bits per heavy atom. The lowest BCUT2D eigenvalue weighted by molar-refractivity contribution is -0.276. The number of aliphatic hydroxyl groups excluding tert-OH is 1. The Bertz CT molecular complexity index is 1830. The van der Waals surface area contributed by atoms with Crippen molar-refractivity contribution in [1.82, 2.24) is 19.8 Å². The first kappa shape index (κ1) is 32.1. The van der Waals surface area contributed by atoms with Crippen molar-refractivity contribution in [2.24, 2.45) is 5.92 Å². The van der Waals surface area contributed by atoms with Crippen LogP contribution in [-0.2, 0) is 22.6 Å². The Kier molecular flexibility index (Phi) is 9.83. The van der Waals surface area contributed by atoms with E-state index in [0.717, 1.165) is 61.5 Å². The van der Waals surface area contributed by atoms with Gasteiger partial charge in [-0.25, -0.2) is 4.98 Å². The van der Waals surface area contributed by atoms with Crippen molar-refractivity contribution >= 4 is 22.6 Å². The lowest BCUT2D eigenvalue weighted by Crippen LogP contribution is -2.51. The summed E-state index contributed by atoms with van der Waals surface area (Å²) in [6.07, 6.45) is 0.560. The highest BCUT2D eigenvalue weighted by Crippen LogP contribution is 2.42. The normalized spacial score (nSPS) is 22.0. The molecule has 1 aromatic heterocycles. The summed E-state index contributed by atoms with van der Waals surface area (Å²) in [5, 5.41) is 12.6. The summed E-state index contributed by atoms with van der Waals surface area (Å²) in [5.41, 5.74) is 6.33. The van der Waals surface area contributed by atoms with Crippen LogP contribution in [0.15, 0.2) is 109 Å². The van der Waals surface area contributed by atoms with Crippen LogP contribution in [0.4, 0.5) is 5.69 Å². The lowest BCUT2D eigenvalue weighted by Gasteiger charge is -2.44. The van der Waals surface area contributed by atoms with E-state index >= 15 is 0 Å². The molecule has 48 heavy (non-hydrogen) atoms. The molecule has 5 aromatic rings. The number of hydrogen-bond acceptors (Lipinski definition) is 8. The van der Waals surface area contributed by atoms with E-state index in [4.69, 9.17) is 9.47 Å². The third-order valence-electron chi connectivity index (χ3n) is 9.37. The Morgan fingerprint density at radius 3 is 2.31 bits per heavy atom. The molecule has 0 spiro atoms. The average molecular weight is 644 g/mol. The van der Waals surface area contributed by atoms with Gasteiger partial charge in [-0.1, -0.05) is 85.8 Å². The molecular weight excluding hydrogens is 602 g/mol. The number of rotatable bonds is 9. The number of amides is 1. The Morgan fingerprint density at radius 2 is 1.54 bits per heavy atom. The van der Waals surface area contributed by atoms with Gasteiger partial charge in [0.15, 0.2) is 6.29 Å². The third kappa shape index (κ3) is 7.46. The molecule has 2 aliphatic rings. The van der Waals surface area contributed by atoms with Crippen molar-refractivity contribution in [2.75, 3.05) is 38.0 Å². The Hall–Kier alpha value is -4.51. The first-order valence-corrected chi connectivity index (χ1v) is 16.6. The molecule has 2 fully saturated rings. The first-order chi connectivity index (χ1) is 23.5. The maximum atomic E-state index is 13.2. The van der Waals surface area contributed by atoms with Crippen LogP contribution in [0.25, 0.3) is 11.0 Å². The van der Waals surface area contributed by atoms with Gasteiger partial charge in [0.25, 0.3) is 5.91 Å². The molecule has 0 unspecified atom stereocenters. The number of benzene rings is 4. The van der Waals surface area contributed by atoms with Gasteiger partial charge < -0.3 is 19.9 Å². The molecule has 246 valence electrons. The summed E-state index contributed by atoms with van der Waals surface area (Å²) in [4.78, 5) is 27.1. The quantitative estimate of drug-likeness (QED) is 0.202. The number of carbonyl (C=O) groups excluding carboxylic acids is 1. The fourth-order valence-corrected chi connectivity index (χ4v) is 6.58. The zero-order valence-corrected chi connectivity index (χ0v) is 27.1. The van der Waals surface area contributed by atoms with Crippen LogP contribution in [0.5, 0.6) is 0 Å². The highest BCUT2D eigenvalue weighted by Gasteiger charge is 2.39. The molecule has 0 bridgehead atoms. The van der Waals surface area contributed by atoms with Crippen LogP contribution >= 0.6 is 0 Å². The van der Waals surface area contributed by atoms with Gasteiger partial charge in [0.1, 0.15) is 5.69 Å². The summed E-state index contributed by atoms with van der Waals surface area (Å²) >= 11 is 0. The molecule has 0 radical (unpaired) electrons. The zero-order valence-electron chi connectivity index (χ0n) is 27.1. The molecule has 9 nitrogen and oxygen atoms in total. The van der Waals surface area contributed by atoms with Gasteiger partial charge in [-0.3, -0.25) is 19.6 Å². The number of aromatic nitrogens is 2. The summed E-state index contributed by atoms with van der Waals surface area (Å²) in [6.45, 7) is 7.90. The smallest absolute Gasteiger partial charge is 0.275 e. The molecule has 3 heterocycles. The van der Waals surface area contributed by atoms with Gasteiger partial charge in [-0.05, 0) is 41.0 Å². The second kappa shape index (κ2) is 14.7. The molecule has 4 aromatic carbocycles. The highest BCUT2D eigenvalue weighted by atomic mass is 16.7. The molecule has 2 N–H and O–H groups in total. The zero-order chi connectivity index (χ0) is 32.9. The number of ether oxygens (including phenoxy) is 2. The number of fused-ring (bicyclic) bond motifs is 1. The van der Waals surface area contributed by atoms with Crippen molar-refractivity contribution in [3.8, 4) is 0 Å². The van der Waals surface area contributed by atoms with Crippen LogP contribution in [0, 0.1) is 5.92 Å². The predicted molar refractivity (Wildman–Crippen MR) is 185 cm³/mol. The molecule has 1 amide bonds. The van der Waals surface area contributed by atoms with E-state index < -0.39 is 6.29 Å². The predicted octanol–water partition coefficient (Wildman–Crippen LogP) is 5.98. The maximum Gasteiger partial charge on any atom is 0.275 e. The van der Waals surface area contributed by atoms with Crippen LogP contribution in [0.2, 0.25) is 0 Å². The second-order valence-electron chi connectivity index (χ2n) is 12.7. The van der Waals surface area contributed by atoms with E-state index in [1.54, 1.807) is 0 Å². The number of para-hydroxylation sites is 2. The van der Waals surface area contributed by atoms with Crippen molar-refractivity contribution in [1.29, 1.82) is 0 Å². The van der Waals surface area contributed by atoms with Gasteiger partial charge in [-0.2, -0.15) is 0 Å². The molecule has 0 saturated carbocycles. The number of anilines is 1. The van der Waals surface area contributed by atoms with Gasteiger partial charge in [0.2, 0.25) is 0 Å². The van der Waals surface area contributed by atoms with Crippen LogP contribution in [0.1, 0.15) is 52.1 Å². The monoisotopic (exact) mass is 643 g/mol. The molecule has 2 aliphatic heterocycles. The van der Waals surface area contributed by atoms with Crippen LogP contribution in [-0.4, -0.2) is 69.6 Å². The molecule has 4 atom stereocenters. The molecular formula is C39H41N5O4.